The lowest BCUT2D eigenvalue weighted by atomic mass is 9.98. The lowest BCUT2D eigenvalue weighted by Gasteiger charge is -2.18. The van der Waals surface area contributed by atoms with Gasteiger partial charge in [-0.25, -0.2) is 0 Å². The molecular weight excluding hydrogens is 198 g/mol. The van der Waals surface area contributed by atoms with Gasteiger partial charge in [0.1, 0.15) is 6.07 Å². The van der Waals surface area contributed by atoms with Crippen molar-refractivity contribution in [2.75, 3.05) is 6.54 Å². The standard InChI is InChI=1S/C13H11N3/c14-7-10-9-3-1-2-4-12(9)16-13-5-6-15-8-11(10)13/h1-4,15H,5-6,8H2. The van der Waals surface area contributed by atoms with E-state index in [-0.39, 0.29) is 0 Å². The van der Waals surface area contributed by atoms with Gasteiger partial charge in [-0.3, -0.25) is 4.98 Å². The van der Waals surface area contributed by atoms with E-state index >= 15 is 0 Å². The maximum atomic E-state index is 9.29. The zero-order valence-electron chi connectivity index (χ0n) is 8.83. The van der Waals surface area contributed by atoms with Crippen LogP contribution >= 0.6 is 0 Å². The minimum absolute atomic E-state index is 0.760. The van der Waals surface area contributed by atoms with Gasteiger partial charge < -0.3 is 5.32 Å². The molecule has 3 nitrogen and oxygen atoms in total. The molecule has 1 aliphatic rings. The Morgan fingerprint density at radius 3 is 3.06 bits per heavy atom. The van der Waals surface area contributed by atoms with Gasteiger partial charge in [-0.2, -0.15) is 5.26 Å². The van der Waals surface area contributed by atoms with E-state index in [1.54, 1.807) is 0 Å². The van der Waals surface area contributed by atoms with Gasteiger partial charge in [-0.05, 0) is 6.07 Å². The van der Waals surface area contributed by atoms with Crippen molar-refractivity contribution in [1.82, 2.24) is 10.3 Å². The number of hydrogen-bond acceptors (Lipinski definition) is 3. The van der Waals surface area contributed by atoms with Crippen LogP contribution in [0.2, 0.25) is 0 Å². The molecule has 0 saturated heterocycles. The molecule has 3 heteroatoms. The topological polar surface area (TPSA) is 48.7 Å². The summed E-state index contributed by atoms with van der Waals surface area (Å²) < 4.78 is 0. The first-order chi connectivity index (χ1) is 7.90. The molecule has 0 spiro atoms. The van der Waals surface area contributed by atoms with Gasteiger partial charge in [0.05, 0.1) is 11.1 Å². The Morgan fingerprint density at radius 1 is 1.31 bits per heavy atom. The molecule has 1 aromatic heterocycles. The first-order valence-electron chi connectivity index (χ1n) is 5.41. The number of nitrogens with one attached hydrogen (secondary N) is 1. The van der Waals surface area contributed by atoms with Crippen LogP contribution in [0.25, 0.3) is 10.9 Å². The van der Waals surface area contributed by atoms with Gasteiger partial charge in [-0.15, -0.1) is 0 Å². The molecule has 0 fully saturated rings. The van der Waals surface area contributed by atoms with Crippen LogP contribution in [0.15, 0.2) is 24.3 Å². The Labute approximate surface area is 93.7 Å². The van der Waals surface area contributed by atoms with E-state index in [4.69, 9.17) is 0 Å². The highest BCUT2D eigenvalue weighted by atomic mass is 14.9. The normalized spacial score (nSPS) is 14.4. The van der Waals surface area contributed by atoms with E-state index in [9.17, 15) is 5.26 Å². The summed E-state index contributed by atoms with van der Waals surface area (Å²) in [6, 6.07) is 10.2. The van der Waals surface area contributed by atoms with Gasteiger partial charge >= 0.3 is 0 Å². The second-order valence-corrected chi connectivity index (χ2v) is 3.97. The van der Waals surface area contributed by atoms with Gasteiger partial charge in [0.25, 0.3) is 0 Å². The number of benzene rings is 1. The monoisotopic (exact) mass is 209 g/mol. The van der Waals surface area contributed by atoms with Crippen molar-refractivity contribution in [3.63, 3.8) is 0 Å². The third kappa shape index (κ3) is 1.28. The molecule has 78 valence electrons. The van der Waals surface area contributed by atoms with Gasteiger partial charge in [0.15, 0.2) is 0 Å². The Balaban J connectivity index is 2.41. The molecule has 3 rings (SSSR count). The molecule has 2 aromatic rings. The maximum Gasteiger partial charge on any atom is 0.100 e. The van der Waals surface area contributed by atoms with Crippen molar-refractivity contribution < 1.29 is 0 Å². The van der Waals surface area contributed by atoms with E-state index in [2.05, 4.69) is 16.4 Å². The molecule has 16 heavy (non-hydrogen) atoms. The molecule has 2 heterocycles. The van der Waals surface area contributed by atoms with Gasteiger partial charge in [-0.1, -0.05) is 18.2 Å². The van der Waals surface area contributed by atoms with Gasteiger partial charge in [0, 0.05) is 36.2 Å². The second-order valence-electron chi connectivity index (χ2n) is 3.97. The minimum atomic E-state index is 0.760. The molecule has 0 bridgehead atoms. The third-order valence-corrected chi connectivity index (χ3v) is 3.03. The van der Waals surface area contributed by atoms with Crippen LogP contribution in [0, 0.1) is 11.3 Å². The molecule has 1 aliphatic heterocycles. The first-order valence-corrected chi connectivity index (χ1v) is 5.41. The summed E-state index contributed by atoms with van der Waals surface area (Å²) in [5.74, 6) is 0. The summed E-state index contributed by atoms with van der Waals surface area (Å²) in [5.41, 5.74) is 3.87. The summed E-state index contributed by atoms with van der Waals surface area (Å²) in [6.07, 6.45) is 0.912. The van der Waals surface area contributed by atoms with Crippen molar-refractivity contribution in [2.24, 2.45) is 0 Å². The minimum Gasteiger partial charge on any atom is -0.312 e. The largest absolute Gasteiger partial charge is 0.312 e. The van der Waals surface area contributed by atoms with Crippen LogP contribution in [-0.2, 0) is 13.0 Å². The second kappa shape index (κ2) is 3.58. The van der Waals surface area contributed by atoms with Crippen molar-refractivity contribution in [3.05, 3.63) is 41.1 Å². The van der Waals surface area contributed by atoms with Crippen LogP contribution < -0.4 is 5.32 Å². The molecule has 0 saturated carbocycles. The SMILES string of the molecule is N#Cc1c2c(nc3ccccc13)CCNC2. The van der Waals surface area contributed by atoms with E-state index in [1.165, 1.54) is 0 Å². The smallest absolute Gasteiger partial charge is 0.100 e. The molecule has 0 aliphatic carbocycles. The Morgan fingerprint density at radius 2 is 2.19 bits per heavy atom. The molecule has 0 amide bonds. The van der Waals surface area contributed by atoms with Crippen LogP contribution in [0.3, 0.4) is 0 Å². The molecule has 0 atom stereocenters. The summed E-state index contributed by atoms with van der Waals surface area (Å²) in [6.45, 7) is 1.71. The number of nitrogens with zero attached hydrogens (tertiary/aromatic N) is 2. The Bertz CT molecular complexity index is 596. The molecule has 1 N–H and O–H groups in total. The van der Waals surface area contributed by atoms with Crippen LogP contribution in [0.1, 0.15) is 16.8 Å². The fourth-order valence-electron chi connectivity index (χ4n) is 2.25. The number of nitriles is 1. The fraction of sp³-hybridized carbons (Fsp3) is 0.231. The van der Waals surface area contributed by atoms with Crippen LogP contribution in [0.5, 0.6) is 0 Å². The van der Waals surface area contributed by atoms with Crippen LogP contribution in [0.4, 0.5) is 0 Å². The highest BCUT2D eigenvalue weighted by Crippen LogP contribution is 2.24. The van der Waals surface area contributed by atoms with Crippen molar-refractivity contribution in [3.8, 4) is 6.07 Å². The Kier molecular flexibility index (Phi) is 2.09. The lowest BCUT2D eigenvalue weighted by Crippen LogP contribution is -2.25. The zero-order chi connectivity index (χ0) is 11.0. The zero-order valence-corrected chi connectivity index (χ0v) is 8.83. The summed E-state index contributed by atoms with van der Waals surface area (Å²) in [4.78, 5) is 4.63. The van der Waals surface area contributed by atoms with E-state index in [0.29, 0.717) is 0 Å². The number of hydrogen-bond donors (Lipinski definition) is 1. The summed E-state index contributed by atoms with van der Waals surface area (Å²) in [5, 5.41) is 13.5. The van der Waals surface area contributed by atoms with E-state index in [0.717, 1.165) is 47.2 Å². The molecule has 0 radical (unpaired) electrons. The highest BCUT2D eigenvalue weighted by molar-refractivity contribution is 5.86. The predicted molar refractivity (Wildman–Crippen MR) is 61.9 cm³/mol. The first kappa shape index (κ1) is 9.32. The maximum absolute atomic E-state index is 9.29. The van der Waals surface area contributed by atoms with Crippen molar-refractivity contribution in [1.29, 1.82) is 5.26 Å². The lowest BCUT2D eigenvalue weighted by molar-refractivity contribution is 0.631. The van der Waals surface area contributed by atoms with E-state index in [1.807, 2.05) is 24.3 Å². The summed E-state index contributed by atoms with van der Waals surface area (Å²) in [7, 11) is 0. The highest BCUT2D eigenvalue weighted by Gasteiger charge is 2.16. The number of pyridine rings is 1. The molecule has 1 aromatic carbocycles. The molecule has 0 unspecified atom stereocenters. The number of fused-ring (bicyclic) bond motifs is 2. The van der Waals surface area contributed by atoms with Crippen LogP contribution in [-0.4, -0.2) is 11.5 Å². The quantitative estimate of drug-likeness (QED) is 0.719. The average Bonchev–Trinajstić information content (AvgIpc) is 2.36. The average molecular weight is 209 g/mol. The predicted octanol–water partition coefficient (Wildman–Crippen LogP) is 1.75. The van der Waals surface area contributed by atoms with E-state index < -0.39 is 0 Å². The number of rotatable bonds is 0. The summed E-state index contributed by atoms with van der Waals surface area (Å²) >= 11 is 0. The van der Waals surface area contributed by atoms with Crippen molar-refractivity contribution in [2.45, 2.75) is 13.0 Å². The van der Waals surface area contributed by atoms with Gasteiger partial charge in [0.2, 0.25) is 0 Å². The third-order valence-electron chi connectivity index (χ3n) is 3.03. The molecular formula is C13H11N3. The Hall–Kier alpha value is -1.92. The number of aromatic nitrogens is 1. The number of para-hydroxylation sites is 1. The fourth-order valence-corrected chi connectivity index (χ4v) is 2.25. The van der Waals surface area contributed by atoms with Crippen molar-refractivity contribution >= 4 is 10.9 Å².